The Labute approximate surface area is 110 Å². The van der Waals surface area contributed by atoms with Crippen molar-refractivity contribution < 1.29 is 9.53 Å². The minimum atomic E-state index is -0.530. The number of aromatic nitrogens is 1. The predicted molar refractivity (Wildman–Crippen MR) is 73.1 cm³/mol. The third-order valence-electron chi connectivity index (χ3n) is 3.50. The number of carbonyl (C=O) groups excluding carboxylic acids is 1. The second-order valence-electron chi connectivity index (χ2n) is 4.63. The molecule has 1 amide bonds. The van der Waals surface area contributed by atoms with E-state index >= 15 is 0 Å². The molecule has 1 aromatic heterocycles. The number of benzene rings is 1. The van der Waals surface area contributed by atoms with Crippen LogP contribution in [0, 0.1) is 0 Å². The second-order valence-corrected chi connectivity index (χ2v) is 4.63. The highest BCUT2D eigenvalue weighted by molar-refractivity contribution is 6.02. The number of nitrogens with zero attached hydrogens (tertiary/aromatic N) is 1. The molecule has 2 aromatic rings. The minimum absolute atomic E-state index is 0.0459. The van der Waals surface area contributed by atoms with Crippen LogP contribution in [0.25, 0.3) is 10.9 Å². The summed E-state index contributed by atoms with van der Waals surface area (Å²) in [6.45, 7) is 1.98. The molecule has 0 aliphatic carbocycles. The topological polar surface area (TPSA) is 66.5 Å². The minimum Gasteiger partial charge on any atom is -0.451 e. The summed E-state index contributed by atoms with van der Waals surface area (Å²) in [4.78, 5) is 19.0. The van der Waals surface area contributed by atoms with Crippen molar-refractivity contribution in [2.75, 3.05) is 7.05 Å². The van der Waals surface area contributed by atoms with Gasteiger partial charge in [-0.3, -0.25) is 10.1 Å². The van der Waals surface area contributed by atoms with Crippen LogP contribution in [0.5, 0.6) is 0 Å². The van der Waals surface area contributed by atoms with Gasteiger partial charge in [-0.2, -0.15) is 0 Å². The average molecular weight is 257 g/mol. The number of hydrogen-bond acceptors (Lipinski definition) is 3. The fraction of sp³-hybridized carbons (Fsp3) is 0.286. The summed E-state index contributed by atoms with van der Waals surface area (Å²) < 4.78 is 5.53. The van der Waals surface area contributed by atoms with E-state index in [-0.39, 0.29) is 11.8 Å². The number of fused-ring (bicyclic) bond motifs is 1. The summed E-state index contributed by atoms with van der Waals surface area (Å²) in [6.07, 6.45) is 1.41. The molecule has 2 N–H and O–H groups in total. The van der Waals surface area contributed by atoms with Crippen molar-refractivity contribution in [1.29, 1.82) is 0 Å². The normalized spacial score (nSPS) is 22.5. The van der Waals surface area contributed by atoms with Crippen LogP contribution in [0.2, 0.25) is 0 Å². The van der Waals surface area contributed by atoms with Gasteiger partial charge in [0.25, 0.3) is 11.9 Å². The van der Waals surface area contributed by atoms with Crippen molar-refractivity contribution >= 4 is 22.8 Å². The molecule has 0 spiro atoms. The molecule has 1 saturated heterocycles. The van der Waals surface area contributed by atoms with Gasteiger partial charge in [0.15, 0.2) is 6.10 Å². The van der Waals surface area contributed by atoms with Crippen LogP contribution in [-0.4, -0.2) is 30.1 Å². The maximum atomic E-state index is 11.9. The lowest BCUT2D eigenvalue weighted by atomic mass is 9.94. The summed E-state index contributed by atoms with van der Waals surface area (Å²) in [5.74, 6) is -0.186. The van der Waals surface area contributed by atoms with Crippen LogP contribution in [0.4, 0.5) is 0 Å². The molecule has 19 heavy (non-hydrogen) atoms. The Kier molecular flexibility index (Phi) is 2.74. The molecule has 98 valence electrons. The maximum Gasteiger partial charge on any atom is 0.292 e. The van der Waals surface area contributed by atoms with E-state index in [1.54, 1.807) is 7.05 Å². The fourth-order valence-electron chi connectivity index (χ4n) is 2.45. The van der Waals surface area contributed by atoms with E-state index in [4.69, 9.17) is 4.74 Å². The molecule has 2 atom stereocenters. The van der Waals surface area contributed by atoms with Gasteiger partial charge in [-0.25, -0.2) is 4.99 Å². The highest BCUT2D eigenvalue weighted by Gasteiger charge is 2.36. The Morgan fingerprint density at radius 3 is 2.89 bits per heavy atom. The van der Waals surface area contributed by atoms with Crippen LogP contribution in [-0.2, 0) is 9.53 Å². The Balaban J connectivity index is 1.96. The fourth-order valence-corrected chi connectivity index (χ4v) is 2.45. The van der Waals surface area contributed by atoms with Crippen molar-refractivity contribution in [3.8, 4) is 0 Å². The number of H-pyrrole nitrogens is 1. The average Bonchev–Trinajstić information content (AvgIpc) is 3.01. The van der Waals surface area contributed by atoms with E-state index in [9.17, 15) is 4.79 Å². The van der Waals surface area contributed by atoms with Crippen LogP contribution in [0.3, 0.4) is 0 Å². The van der Waals surface area contributed by atoms with Crippen molar-refractivity contribution in [1.82, 2.24) is 10.3 Å². The summed E-state index contributed by atoms with van der Waals surface area (Å²) >= 11 is 0. The summed E-state index contributed by atoms with van der Waals surface area (Å²) in [7, 11) is 1.59. The smallest absolute Gasteiger partial charge is 0.292 e. The Morgan fingerprint density at radius 1 is 1.37 bits per heavy atom. The van der Waals surface area contributed by atoms with Crippen LogP contribution >= 0.6 is 0 Å². The van der Waals surface area contributed by atoms with Gasteiger partial charge in [0.05, 0.1) is 0 Å². The number of nitrogens with one attached hydrogen (secondary N) is 2. The van der Waals surface area contributed by atoms with Gasteiger partial charge in [0, 0.05) is 30.1 Å². The lowest BCUT2D eigenvalue weighted by Gasteiger charge is -2.15. The highest BCUT2D eigenvalue weighted by Crippen LogP contribution is 2.30. The van der Waals surface area contributed by atoms with E-state index in [1.165, 1.54) is 0 Å². The number of ether oxygens (including phenoxy) is 1. The number of rotatable bonds is 2. The first kappa shape index (κ1) is 11.8. The Bertz CT molecular complexity index is 660. The lowest BCUT2D eigenvalue weighted by molar-refractivity contribution is -0.124. The zero-order chi connectivity index (χ0) is 13.4. The van der Waals surface area contributed by atoms with E-state index in [2.05, 4.69) is 15.3 Å². The third kappa shape index (κ3) is 1.87. The number of para-hydroxylation sites is 1. The van der Waals surface area contributed by atoms with Gasteiger partial charge in [-0.15, -0.1) is 0 Å². The van der Waals surface area contributed by atoms with Crippen molar-refractivity contribution in [3.63, 3.8) is 0 Å². The molecule has 3 rings (SSSR count). The molecule has 0 bridgehead atoms. The molecular formula is C14H15N3O2. The molecule has 1 fully saturated rings. The van der Waals surface area contributed by atoms with E-state index < -0.39 is 6.10 Å². The summed E-state index contributed by atoms with van der Waals surface area (Å²) in [6, 6.07) is 8.32. The molecule has 5 heteroatoms. The monoisotopic (exact) mass is 257 g/mol. The quantitative estimate of drug-likeness (QED) is 0.861. The zero-order valence-corrected chi connectivity index (χ0v) is 10.8. The predicted octanol–water partition coefficient (Wildman–Crippen LogP) is 1.77. The zero-order valence-electron chi connectivity index (χ0n) is 10.8. The van der Waals surface area contributed by atoms with Gasteiger partial charge in [-0.1, -0.05) is 25.1 Å². The van der Waals surface area contributed by atoms with Gasteiger partial charge in [0.1, 0.15) is 0 Å². The molecule has 0 saturated carbocycles. The van der Waals surface area contributed by atoms with Crippen LogP contribution in [0.1, 0.15) is 18.4 Å². The van der Waals surface area contributed by atoms with Gasteiger partial charge in [0.2, 0.25) is 0 Å². The van der Waals surface area contributed by atoms with Crippen molar-refractivity contribution in [3.05, 3.63) is 36.0 Å². The van der Waals surface area contributed by atoms with E-state index in [0.717, 1.165) is 16.5 Å². The van der Waals surface area contributed by atoms with Gasteiger partial charge in [-0.05, 0) is 11.6 Å². The molecule has 1 aliphatic rings. The SMILES string of the molecule is CN=C1NC(=O)[C@@H]([C@H](C)c2c[nH]c3ccccc23)O1. The summed E-state index contributed by atoms with van der Waals surface area (Å²) in [5, 5.41) is 3.74. The summed E-state index contributed by atoms with van der Waals surface area (Å²) in [5.41, 5.74) is 2.14. The standard InChI is InChI=1S/C14H15N3O2/c1-8(12-13(18)17-14(15-2)19-12)10-7-16-11-6-4-3-5-9(10)11/h3-8,12,16H,1-2H3,(H,15,17,18)/t8-,12-/m1/s1. The molecular weight excluding hydrogens is 242 g/mol. The number of aromatic amines is 1. The van der Waals surface area contributed by atoms with Crippen molar-refractivity contribution in [2.45, 2.75) is 18.9 Å². The van der Waals surface area contributed by atoms with Crippen LogP contribution in [0.15, 0.2) is 35.5 Å². The molecule has 0 unspecified atom stereocenters. The maximum absolute atomic E-state index is 11.9. The first-order valence-electron chi connectivity index (χ1n) is 6.21. The Morgan fingerprint density at radius 2 is 2.16 bits per heavy atom. The molecule has 1 aromatic carbocycles. The van der Waals surface area contributed by atoms with Gasteiger partial charge >= 0.3 is 0 Å². The number of amidine groups is 1. The first-order valence-corrected chi connectivity index (χ1v) is 6.21. The molecule has 1 aliphatic heterocycles. The third-order valence-corrected chi connectivity index (χ3v) is 3.50. The number of hydrogen-bond donors (Lipinski definition) is 2. The highest BCUT2D eigenvalue weighted by atomic mass is 16.5. The number of amides is 1. The molecule has 2 heterocycles. The van der Waals surface area contributed by atoms with Crippen LogP contribution < -0.4 is 5.32 Å². The van der Waals surface area contributed by atoms with Crippen molar-refractivity contribution in [2.24, 2.45) is 4.99 Å². The first-order chi connectivity index (χ1) is 9.20. The lowest BCUT2D eigenvalue weighted by Crippen LogP contribution is -2.28. The Hall–Kier alpha value is -2.30. The van der Waals surface area contributed by atoms with Gasteiger partial charge < -0.3 is 9.72 Å². The molecule has 0 radical (unpaired) electrons. The number of carbonyl (C=O) groups is 1. The molecule has 5 nitrogen and oxygen atoms in total. The largest absolute Gasteiger partial charge is 0.451 e. The number of aliphatic imine (C=N–C) groups is 1. The van der Waals surface area contributed by atoms with E-state index in [0.29, 0.717) is 6.02 Å². The second kappa shape index (κ2) is 4.42. The van der Waals surface area contributed by atoms with E-state index in [1.807, 2.05) is 37.4 Å².